The van der Waals surface area contributed by atoms with Gasteiger partial charge in [-0.05, 0) is 35.7 Å². The third kappa shape index (κ3) is 1.96. The van der Waals surface area contributed by atoms with Gasteiger partial charge in [-0.3, -0.25) is 0 Å². The van der Waals surface area contributed by atoms with E-state index in [1.807, 2.05) is 16.6 Å². The van der Waals surface area contributed by atoms with Gasteiger partial charge in [-0.15, -0.1) is 5.10 Å². The molecular weight excluding hydrogens is 279 g/mol. The maximum Gasteiger partial charge on any atom is 0.123 e. The second-order valence-corrected chi connectivity index (χ2v) is 6.50. The van der Waals surface area contributed by atoms with Gasteiger partial charge in [0.15, 0.2) is 0 Å². The Morgan fingerprint density at radius 2 is 2.05 bits per heavy atom. The number of hydrogen-bond acceptors (Lipinski definition) is 3. The van der Waals surface area contributed by atoms with Crippen molar-refractivity contribution < 1.29 is 4.39 Å². The summed E-state index contributed by atoms with van der Waals surface area (Å²) >= 11 is 0. The summed E-state index contributed by atoms with van der Waals surface area (Å²) in [6.07, 6.45) is 2.53. The molecular formula is C17H17FN4. The average molecular weight is 296 g/mol. The number of aromatic nitrogens is 3. The molecule has 5 heteroatoms. The minimum atomic E-state index is -0.211. The van der Waals surface area contributed by atoms with Crippen LogP contribution in [0.1, 0.15) is 30.7 Å². The first-order valence-electron chi connectivity index (χ1n) is 7.40. The zero-order valence-corrected chi connectivity index (χ0v) is 12.6. The second-order valence-electron chi connectivity index (χ2n) is 6.50. The number of rotatable bonds is 2. The fourth-order valence-corrected chi connectivity index (χ4v) is 3.20. The van der Waals surface area contributed by atoms with Gasteiger partial charge in [0.05, 0.1) is 23.1 Å². The van der Waals surface area contributed by atoms with Gasteiger partial charge >= 0.3 is 0 Å². The quantitative estimate of drug-likeness (QED) is 0.790. The lowest BCUT2D eigenvalue weighted by Crippen LogP contribution is -2.22. The lowest BCUT2D eigenvalue weighted by Gasteiger charge is -2.18. The Kier molecular flexibility index (Phi) is 2.73. The van der Waals surface area contributed by atoms with Gasteiger partial charge in [-0.1, -0.05) is 31.2 Å². The van der Waals surface area contributed by atoms with Crippen LogP contribution in [0.3, 0.4) is 0 Å². The number of fused-ring (bicyclic) bond motifs is 3. The van der Waals surface area contributed by atoms with Crippen LogP contribution in [0.25, 0.3) is 5.52 Å². The lowest BCUT2D eigenvalue weighted by molar-refractivity contribution is 0.547. The Morgan fingerprint density at radius 3 is 2.82 bits per heavy atom. The van der Waals surface area contributed by atoms with E-state index in [1.165, 1.54) is 17.8 Å². The zero-order chi connectivity index (χ0) is 15.3. The molecule has 0 atom stereocenters. The summed E-state index contributed by atoms with van der Waals surface area (Å²) in [6.45, 7) is 5.29. The van der Waals surface area contributed by atoms with Crippen LogP contribution in [0.2, 0.25) is 0 Å². The molecule has 2 aromatic heterocycles. The van der Waals surface area contributed by atoms with Gasteiger partial charge in [0.2, 0.25) is 0 Å². The van der Waals surface area contributed by atoms with E-state index in [0.717, 1.165) is 35.3 Å². The van der Waals surface area contributed by atoms with Crippen LogP contribution in [-0.2, 0) is 11.8 Å². The SMILES string of the molecule is CC1(C)CNc2cc(Cc3ccc(F)cc3)c3cnnn3c21. The van der Waals surface area contributed by atoms with E-state index in [1.54, 1.807) is 6.20 Å². The first kappa shape index (κ1) is 13.2. The zero-order valence-electron chi connectivity index (χ0n) is 12.6. The Bertz CT molecular complexity index is 849. The standard InChI is InChI=1S/C17H17FN4/c1-17(2)10-19-14-8-12(7-11-3-5-13(18)6-4-11)15-9-20-21-22(15)16(14)17/h3-6,8-9,19H,7,10H2,1-2H3. The van der Waals surface area contributed by atoms with Crippen molar-refractivity contribution in [2.24, 2.45) is 0 Å². The van der Waals surface area contributed by atoms with E-state index in [4.69, 9.17) is 0 Å². The van der Waals surface area contributed by atoms with Crippen molar-refractivity contribution in [3.63, 3.8) is 0 Å². The van der Waals surface area contributed by atoms with Crippen molar-refractivity contribution in [1.29, 1.82) is 0 Å². The van der Waals surface area contributed by atoms with E-state index in [2.05, 4.69) is 35.5 Å². The molecule has 112 valence electrons. The third-order valence-corrected chi connectivity index (χ3v) is 4.33. The predicted octanol–water partition coefficient (Wildman–Crippen LogP) is 3.16. The van der Waals surface area contributed by atoms with Crippen molar-refractivity contribution in [2.45, 2.75) is 25.7 Å². The highest BCUT2D eigenvalue weighted by Crippen LogP contribution is 2.37. The Hall–Kier alpha value is -2.43. The van der Waals surface area contributed by atoms with Crippen molar-refractivity contribution in [2.75, 3.05) is 11.9 Å². The molecule has 4 nitrogen and oxygen atoms in total. The van der Waals surface area contributed by atoms with Crippen molar-refractivity contribution in [1.82, 2.24) is 14.8 Å². The predicted molar refractivity (Wildman–Crippen MR) is 83.7 cm³/mol. The molecule has 0 fully saturated rings. The number of nitrogens with one attached hydrogen (secondary N) is 1. The number of hydrogen-bond donors (Lipinski definition) is 1. The van der Waals surface area contributed by atoms with E-state index in [9.17, 15) is 4.39 Å². The molecule has 3 aromatic rings. The van der Waals surface area contributed by atoms with Crippen LogP contribution in [0.4, 0.5) is 10.1 Å². The van der Waals surface area contributed by atoms with Crippen LogP contribution in [0.5, 0.6) is 0 Å². The van der Waals surface area contributed by atoms with Gasteiger partial charge in [-0.2, -0.15) is 0 Å². The van der Waals surface area contributed by atoms with Crippen LogP contribution in [0.15, 0.2) is 36.5 Å². The molecule has 0 bridgehead atoms. The molecule has 1 aliphatic rings. The van der Waals surface area contributed by atoms with Gasteiger partial charge in [0.1, 0.15) is 5.82 Å². The van der Waals surface area contributed by atoms with Crippen LogP contribution >= 0.6 is 0 Å². The highest BCUT2D eigenvalue weighted by Gasteiger charge is 2.33. The summed E-state index contributed by atoms with van der Waals surface area (Å²) in [5.41, 5.74) is 5.53. The first-order chi connectivity index (χ1) is 10.5. The van der Waals surface area contributed by atoms with Gasteiger partial charge < -0.3 is 5.32 Å². The largest absolute Gasteiger partial charge is 0.383 e. The molecule has 1 N–H and O–H groups in total. The van der Waals surface area contributed by atoms with E-state index in [-0.39, 0.29) is 11.2 Å². The smallest absolute Gasteiger partial charge is 0.123 e. The van der Waals surface area contributed by atoms with Crippen molar-refractivity contribution in [3.05, 3.63) is 59.2 Å². The summed E-state index contributed by atoms with van der Waals surface area (Å²) in [7, 11) is 0. The number of nitrogens with zero attached hydrogens (tertiary/aromatic N) is 3. The van der Waals surface area contributed by atoms with Gasteiger partial charge in [-0.25, -0.2) is 8.91 Å². The van der Waals surface area contributed by atoms with E-state index >= 15 is 0 Å². The first-order valence-corrected chi connectivity index (χ1v) is 7.40. The van der Waals surface area contributed by atoms with Gasteiger partial charge in [0, 0.05) is 12.0 Å². The Morgan fingerprint density at radius 1 is 1.27 bits per heavy atom. The molecule has 0 saturated carbocycles. The molecule has 0 unspecified atom stereocenters. The highest BCUT2D eigenvalue weighted by atomic mass is 19.1. The number of anilines is 1. The maximum absolute atomic E-state index is 13.1. The summed E-state index contributed by atoms with van der Waals surface area (Å²) in [4.78, 5) is 0. The van der Waals surface area contributed by atoms with Crippen LogP contribution in [-0.4, -0.2) is 21.4 Å². The molecule has 0 radical (unpaired) electrons. The highest BCUT2D eigenvalue weighted by molar-refractivity contribution is 5.67. The van der Waals surface area contributed by atoms with E-state index < -0.39 is 0 Å². The van der Waals surface area contributed by atoms with Crippen LogP contribution < -0.4 is 5.32 Å². The average Bonchev–Trinajstić information content (AvgIpc) is 3.06. The fourth-order valence-electron chi connectivity index (χ4n) is 3.20. The Labute approximate surface area is 128 Å². The third-order valence-electron chi connectivity index (χ3n) is 4.33. The monoisotopic (exact) mass is 296 g/mol. The second kappa shape index (κ2) is 4.53. The summed E-state index contributed by atoms with van der Waals surface area (Å²) in [5.74, 6) is -0.211. The molecule has 0 saturated heterocycles. The minimum Gasteiger partial charge on any atom is -0.383 e. The molecule has 3 heterocycles. The lowest BCUT2D eigenvalue weighted by atomic mass is 9.90. The summed E-state index contributed by atoms with van der Waals surface area (Å²) in [5, 5.41) is 11.8. The van der Waals surface area contributed by atoms with Crippen LogP contribution in [0, 0.1) is 5.82 Å². The van der Waals surface area contributed by atoms with Crippen molar-refractivity contribution in [3.8, 4) is 0 Å². The van der Waals surface area contributed by atoms with Gasteiger partial charge in [0.25, 0.3) is 0 Å². The summed E-state index contributed by atoms with van der Waals surface area (Å²) < 4.78 is 15.0. The Balaban J connectivity index is 1.85. The fraction of sp³-hybridized carbons (Fsp3) is 0.294. The topological polar surface area (TPSA) is 42.2 Å². The summed E-state index contributed by atoms with van der Waals surface area (Å²) in [6, 6.07) is 8.80. The molecule has 0 spiro atoms. The number of benzene rings is 1. The van der Waals surface area contributed by atoms with Crippen molar-refractivity contribution >= 4 is 11.2 Å². The normalized spacial score (nSPS) is 15.8. The molecule has 1 aromatic carbocycles. The van der Waals surface area contributed by atoms with E-state index in [0.29, 0.717) is 0 Å². The molecule has 4 rings (SSSR count). The molecule has 22 heavy (non-hydrogen) atoms. The number of pyridine rings is 1. The minimum absolute atomic E-state index is 0.0235. The molecule has 0 amide bonds. The number of halogens is 1. The molecule has 1 aliphatic heterocycles. The molecule has 0 aliphatic carbocycles. The maximum atomic E-state index is 13.1.